The minimum Gasteiger partial charge on any atom is -0.356 e. The van der Waals surface area contributed by atoms with Crippen LogP contribution in [0.25, 0.3) is 10.9 Å². The number of amides is 2. The molecule has 0 spiro atoms. The molecule has 0 saturated carbocycles. The second-order valence-electron chi connectivity index (χ2n) is 7.23. The molecule has 7 heteroatoms. The van der Waals surface area contributed by atoms with E-state index in [1.54, 1.807) is 6.07 Å². The molecule has 1 aliphatic heterocycles. The number of carbonyl (C=O) groups excluding carboxylic acids is 2. The molecular formula is C20H26N4O3. The Morgan fingerprint density at radius 2 is 2.00 bits per heavy atom. The van der Waals surface area contributed by atoms with E-state index in [2.05, 4.69) is 10.3 Å². The molecule has 1 aromatic heterocycles. The summed E-state index contributed by atoms with van der Waals surface area (Å²) in [4.78, 5) is 42.3. The number of benzene rings is 1. The molecular weight excluding hydrogens is 344 g/mol. The summed E-state index contributed by atoms with van der Waals surface area (Å²) in [5, 5.41) is 3.43. The van der Waals surface area contributed by atoms with E-state index in [0.29, 0.717) is 43.0 Å². The van der Waals surface area contributed by atoms with Crippen LogP contribution in [0.2, 0.25) is 0 Å². The molecule has 1 saturated heterocycles. The van der Waals surface area contributed by atoms with Crippen molar-refractivity contribution in [2.24, 2.45) is 5.92 Å². The zero-order valence-corrected chi connectivity index (χ0v) is 15.9. The highest BCUT2D eigenvalue weighted by Crippen LogP contribution is 2.17. The average Bonchev–Trinajstić information content (AvgIpc) is 2.66. The number of nitrogens with one attached hydrogen (secondary N) is 1. The summed E-state index contributed by atoms with van der Waals surface area (Å²) in [7, 11) is 0. The Labute approximate surface area is 158 Å². The van der Waals surface area contributed by atoms with Gasteiger partial charge >= 0.3 is 0 Å². The first-order valence-electron chi connectivity index (χ1n) is 9.42. The van der Waals surface area contributed by atoms with Crippen molar-refractivity contribution >= 4 is 22.7 Å². The van der Waals surface area contributed by atoms with Gasteiger partial charge in [-0.05, 0) is 37.3 Å². The second kappa shape index (κ2) is 8.33. The second-order valence-corrected chi connectivity index (χ2v) is 7.23. The van der Waals surface area contributed by atoms with Gasteiger partial charge in [-0.25, -0.2) is 4.98 Å². The summed E-state index contributed by atoms with van der Waals surface area (Å²) in [5.74, 6) is 0.468. The number of rotatable bonds is 5. The fourth-order valence-corrected chi connectivity index (χ4v) is 3.55. The van der Waals surface area contributed by atoms with E-state index in [1.165, 1.54) is 17.8 Å². The van der Waals surface area contributed by atoms with Gasteiger partial charge in [0.05, 0.1) is 17.2 Å². The molecule has 1 aliphatic rings. The van der Waals surface area contributed by atoms with Gasteiger partial charge in [-0.1, -0.05) is 12.1 Å². The minimum absolute atomic E-state index is 0.0156. The molecule has 0 aliphatic carbocycles. The van der Waals surface area contributed by atoms with Gasteiger partial charge in [-0.15, -0.1) is 0 Å². The molecule has 0 bridgehead atoms. The molecule has 1 aromatic carbocycles. The number of aromatic nitrogens is 2. The van der Waals surface area contributed by atoms with E-state index < -0.39 is 0 Å². The molecule has 7 nitrogen and oxygen atoms in total. The maximum atomic E-state index is 12.6. The first-order valence-corrected chi connectivity index (χ1v) is 9.42. The molecule has 144 valence electrons. The largest absolute Gasteiger partial charge is 0.356 e. The number of piperidine rings is 1. The predicted molar refractivity (Wildman–Crippen MR) is 103 cm³/mol. The smallest absolute Gasteiger partial charge is 0.261 e. The summed E-state index contributed by atoms with van der Waals surface area (Å²) < 4.78 is 1.52. The van der Waals surface area contributed by atoms with Crippen molar-refractivity contribution in [3.63, 3.8) is 0 Å². The van der Waals surface area contributed by atoms with Crippen LogP contribution in [0.5, 0.6) is 0 Å². The molecule has 1 fully saturated rings. The van der Waals surface area contributed by atoms with Crippen molar-refractivity contribution in [3.8, 4) is 0 Å². The lowest BCUT2D eigenvalue weighted by Gasteiger charge is -2.32. The number of hydrogen-bond donors (Lipinski definition) is 1. The highest BCUT2D eigenvalue weighted by molar-refractivity contribution is 5.80. The highest BCUT2D eigenvalue weighted by atomic mass is 16.2. The molecule has 0 atom stereocenters. The van der Waals surface area contributed by atoms with E-state index in [1.807, 2.05) is 24.0 Å². The van der Waals surface area contributed by atoms with Crippen LogP contribution in [-0.4, -0.2) is 45.9 Å². The standard InChI is InChI=1S/C20H26N4O3/c1-14-4-3-5-17-19(14)22-13-24(20(17)27)11-8-18(26)23-9-6-16(7-10-23)12-21-15(2)25/h3-5,13,16H,6-12H2,1-2H3,(H,21,25). The normalized spacial score (nSPS) is 15.1. The first-order chi connectivity index (χ1) is 13.0. The highest BCUT2D eigenvalue weighted by Gasteiger charge is 2.22. The van der Waals surface area contributed by atoms with E-state index in [9.17, 15) is 14.4 Å². The third kappa shape index (κ3) is 4.53. The fraction of sp³-hybridized carbons (Fsp3) is 0.500. The minimum atomic E-state index is -0.106. The lowest BCUT2D eigenvalue weighted by atomic mass is 9.96. The van der Waals surface area contributed by atoms with Crippen molar-refractivity contribution in [2.75, 3.05) is 19.6 Å². The fourth-order valence-electron chi connectivity index (χ4n) is 3.55. The number of fused-ring (bicyclic) bond motifs is 1. The molecule has 2 aromatic rings. The molecule has 2 amide bonds. The first kappa shape index (κ1) is 19.1. The Kier molecular flexibility index (Phi) is 5.88. The third-order valence-electron chi connectivity index (χ3n) is 5.23. The average molecular weight is 370 g/mol. The number of para-hydroxylation sites is 1. The van der Waals surface area contributed by atoms with Crippen LogP contribution in [0.4, 0.5) is 0 Å². The molecule has 1 N–H and O–H groups in total. The SMILES string of the molecule is CC(=O)NCC1CCN(C(=O)CCn2cnc3c(C)cccc3c2=O)CC1. The lowest BCUT2D eigenvalue weighted by molar-refractivity contribution is -0.133. The zero-order valence-electron chi connectivity index (χ0n) is 15.9. The maximum Gasteiger partial charge on any atom is 0.261 e. The summed E-state index contributed by atoms with van der Waals surface area (Å²) in [6.07, 6.45) is 3.60. The zero-order chi connectivity index (χ0) is 19.4. The number of carbonyl (C=O) groups is 2. The molecule has 2 heterocycles. The lowest BCUT2D eigenvalue weighted by Crippen LogP contribution is -2.41. The van der Waals surface area contributed by atoms with Crippen LogP contribution in [0, 0.1) is 12.8 Å². The molecule has 0 radical (unpaired) electrons. The van der Waals surface area contributed by atoms with Crippen molar-refractivity contribution in [1.82, 2.24) is 19.8 Å². The maximum absolute atomic E-state index is 12.6. The van der Waals surface area contributed by atoms with E-state index in [-0.39, 0.29) is 23.8 Å². The van der Waals surface area contributed by atoms with Crippen LogP contribution >= 0.6 is 0 Å². The van der Waals surface area contributed by atoms with Gasteiger partial charge in [0, 0.05) is 39.5 Å². The molecule has 3 rings (SSSR count). The van der Waals surface area contributed by atoms with Crippen molar-refractivity contribution < 1.29 is 9.59 Å². The van der Waals surface area contributed by atoms with Crippen molar-refractivity contribution in [2.45, 2.75) is 39.7 Å². The Bertz CT molecular complexity index is 898. The van der Waals surface area contributed by atoms with E-state index >= 15 is 0 Å². The summed E-state index contributed by atoms with van der Waals surface area (Å²) in [5.41, 5.74) is 1.58. The van der Waals surface area contributed by atoms with Crippen molar-refractivity contribution in [3.05, 3.63) is 40.4 Å². The van der Waals surface area contributed by atoms with Crippen LogP contribution < -0.4 is 10.9 Å². The van der Waals surface area contributed by atoms with E-state index in [4.69, 9.17) is 0 Å². The number of nitrogens with zero attached hydrogens (tertiary/aromatic N) is 3. The monoisotopic (exact) mass is 370 g/mol. The van der Waals surface area contributed by atoms with Crippen LogP contribution in [0.3, 0.4) is 0 Å². The summed E-state index contributed by atoms with van der Waals surface area (Å²) in [6, 6.07) is 5.55. The van der Waals surface area contributed by atoms with Gasteiger partial charge < -0.3 is 10.2 Å². The van der Waals surface area contributed by atoms with E-state index in [0.717, 1.165) is 18.4 Å². The predicted octanol–water partition coefficient (Wildman–Crippen LogP) is 1.47. The van der Waals surface area contributed by atoms with Gasteiger partial charge in [0.1, 0.15) is 0 Å². The van der Waals surface area contributed by atoms with Gasteiger partial charge in [0.25, 0.3) is 5.56 Å². The Balaban J connectivity index is 1.56. The molecule has 27 heavy (non-hydrogen) atoms. The van der Waals surface area contributed by atoms with Gasteiger partial charge in [0.15, 0.2) is 0 Å². The summed E-state index contributed by atoms with van der Waals surface area (Å²) in [6.45, 7) is 5.86. The van der Waals surface area contributed by atoms with Crippen LogP contribution in [0.1, 0.15) is 31.7 Å². The molecule has 0 unspecified atom stereocenters. The Morgan fingerprint density at radius 3 is 2.70 bits per heavy atom. The van der Waals surface area contributed by atoms with Crippen LogP contribution in [-0.2, 0) is 16.1 Å². The Hall–Kier alpha value is -2.70. The van der Waals surface area contributed by atoms with Crippen LogP contribution in [0.15, 0.2) is 29.3 Å². The number of likely N-dealkylation sites (tertiary alicyclic amines) is 1. The van der Waals surface area contributed by atoms with Crippen molar-refractivity contribution in [1.29, 1.82) is 0 Å². The van der Waals surface area contributed by atoms with Gasteiger partial charge in [0.2, 0.25) is 11.8 Å². The number of hydrogen-bond acceptors (Lipinski definition) is 4. The topological polar surface area (TPSA) is 84.3 Å². The van der Waals surface area contributed by atoms with Gasteiger partial charge in [-0.3, -0.25) is 19.0 Å². The summed E-state index contributed by atoms with van der Waals surface area (Å²) >= 11 is 0. The Morgan fingerprint density at radius 1 is 1.26 bits per heavy atom. The third-order valence-corrected chi connectivity index (χ3v) is 5.23. The number of aryl methyl sites for hydroxylation is 2. The quantitative estimate of drug-likeness (QED) is 0.864. The van der Waals surface area contributed by atoms with Gasteiger partial charge in [-0.2, -0.15) is 0 Å².